The highest BCUT2D eigenvalue weighted by Crippen LogP contribution is 2.25. The van der Waals surface area contributed by atoms with Gasteiger partial charge in [-0.3, -0.25) is 4.79 Å². The van der Waals surface area contributed by atoms with Crippen LogP contribution in [0.5, 0.6) is 0 Å². The highest BCUT2D eigenvalue weighted by molar-refractivity contribution is 5.79. The second kappa shape index (κ2) is 5.08. The zero-order valence-electron chi connectivity index (χ0n) is 9.32. The molecule has 1 saturated carbocycles. The Bertz CT molecular complexity index is 212. The Kier molecular flexibility index (Phi) is 3.76. The largest absolute Gasteiger partial charge is 0.396 e. The first kappa shape index (κ1) is 11.1. The second-order valence-corrected chi connectivity index (χ2v) is 4.93. The number of carbonyl (C=O) groups excluding carboxylic acids is 1. The van der Waals surface area contributed by atoms with Crippen LogP contribution in [0.2, 0.25) is 0 Å². The molecule has 1 aliphatic carbocycles. The Balaban J connectivity index is 1.78. The molecule has 1 saturated heterocycles. The van der Waals surface area contributed by atoms with E-state index in [1.807, 2.05) is 0 Å². The molecule has 3 nitrogen and oxygen atoms in total. The number of likely N-dealkylation sites (tertiary alicyclic amines) is 1. The number of aliphatic hydroxyl groups excluding tert-OH is 1. The Hall–Kier alpha value is -0.410. The van der Waals surface area contributed by atoms with Gasteiger partial charge in [-0.2, -0.15) is 0 Å². The average Bonchev–Trinajstić information content (AvgIpc) is 2.30. The first-order chi connectivity index (χ1) is 7.29. The van der Waals surface area contributed by atoms with Crippen LogP contribution in [0.3, 0.4) is 0 Å². The molecule has 1 N–H and O–H groups in total. The van der Waals surface area contributed by atoms with Gasteiger partial charge in [0.1, 0.15) is 5.78 Å². The molecule has 0 spiro atoms. The lowest BCUT2D eigenvalue weighted by Crippen LogP contribution is -2.43. The van der Waals surface area contributed by atoms with Crippen molar-refractivity contribution in [1.29, 1.82) is 0 Å². The van der Waals surface area contributed by atoms with Crippen LogP contribution in [0.4, 0.5) is 0 Å². The maximum absolute atomic E-state index is 11.1. The molecule has 2 rings (SSSR count). The van der Waals surface area contributed by atoms with E-state index in [0.29, 0.717) is 24.3 Å². The van der Waals surface area contributed by atoms with E-state index in [-0.39, 0.29) is 0 Å². The fourth-order valence-corrected chi connectivity index (χ4v) is 2.79. The van der Waals surface area contributed by atoms with Gasteiger partial charge in [-0.15, -0.1) is 0 Å². The van der Waals surface area contributed by atoms with Gasteiger partial charge in [0.05, 0.1) is 0 Å². The van der Waals surface area contributed by atoms with Crippen molar-refractivity contribution in [3.63, 3.8) is 0 Å². The molecule has 0 atom stereocenters. The molecular formula is C12H21NO2. The van der Waals surface area contributed by atoms with Gasteiger partial charge in [-0.25, -0.2) is 0 Å². The molecule has 86 valence electrons. The molecule has 2 fully saturated rings. The lowest BCUT2D eigenvalue weighted by Gasteiger charge is -2.38. The molecule has 0 aromatic rings. The summed E-state index contributed by atoms with van der Waals surface area (Å²) in [5.41, 5.74) is 0. The van der Waals surface area contributed by atoms with E-state index >= 15 is 0 Å². The van der Waals surface area contributed by atoms with E-state index in [1.165, 1.54) is 0 Å². The highest BCUT2D eigenvalue weighted by atomic mass is 16.3. The van der Waals surface area contributed by atoms with E-state index in [9.17, 15) is 4.79 Å². The third-order valence-corrected chi connectivity index (χ3v) is 3.94. The van der Waals surface area contributed by atoms with Gasteiger partial charge in [0.25, 0.3) is 0 Å². The number of aliphatic hydroxyl groups is 1. The summed E-state index contributed by atoms with van der Waals surface area (Å²) in [5.74, 6) is 0.961. The van der Waals surface area contributed by atoms with E-state index in [1.54, 1.807) is 0 Å². The molecule has 2 aliphatic rings. The molecule has 1 heterocycles. The smallest absolute Gasteiger partial charge is 0.133 e. The van der Waals surface area contributed by atoms with Crippen LogP contribution in [0, 0.1) is 5.92 Å². The number of Topliss-reactive ketones (excluding diaryl/α,β-unsaturated/α-hetero) is 1. The van der Waals surface area contributed by atoms with Crippen LogP contribution in [-0.2, 0) is 4.79 Å². The quantitative estimate of drug-likeness (QED) is 0.746. The second-order valence-electron chi connectivity index (χ2n) is 4.93. The maximum atomic E-state index is 11.1. The SMILES string of the molecule is O=C1CCC(N2CCC(CO)CC2)CC1. The van der Waals surface area contributed by atoms with Gasteiger partial charge >= 0.3 is 0 Å². The van der Waals surface area contributed by atoms with Crippen molar-refractivity contribution in [2.45, 2.75) is 44.6 Å². The molecule has 0 aromatic heterocycles. The van der Waals surface area contributed by atoms with Crippen LogP contribution in [0.1, 0.15) is 38.5 Å². The Morgan fingerprint density at radius 2 is 1.73 bits per heavy atom. The maximum Gasteiger partial charge on any atom is 0.133 e. The van der Waals surface area contributed by atoms with Gasteiger partial charge in [0.15, 0.2) is 0 Å². The zero-order chi connectivity index (χ0) is 10.7. The molecule has 0 aromatic carbocycles. The van der Waals surface area contributed by atoms with E-state index in [2.05, 4.69) is 4.90 Å². The van der Waals surface area contributed by atoms with Crippen molar-refractivity contribution in [3.05, 3.63) is 0 Å². The van der Waals surface area contributed by atoms with E-state index in [4.69, 9.17) is 5.11 Å². The highest BCUT2D eigenvalue weighted by Gasteiger charge is 2.27. The third-order valence-electron chi connectivity index (χ3n) is 3.94. The number of carbonyl (C=O) groups is 1. The summed E-state index contributed by atoms with van der Waals surface area (Å²) in [6.07, 6.45) is 5.93. The number of ketones is 1. The summed E-state index contributed by atoms with van der Waals surface area (Å²) >= 11 is 0. The van der Waals surface area contributed by atoms with E-state index < -0.39 is 0 Å². The lowest BCUT2D eigenvalue weighted by molar-refractivity contribution is -0.121. The van der Waals surface area contributed by atoms with Crippen LogP contribution in [0.15, 0.2) is 0 Å². The predicted molar refractivity (Wildman–Crippen MR) is 58.6 cm³/mol. The minimum atomic E-state index is 0.344. The molecule has 0 radical (unpaired) electrons. The zero-order valence-corrected chi connectivity index (χ0v) is 9.32. The monoisotopic (exact) mass is 211 g/mol. The van der Waals surface area contributed by atoms with Crippen molar-refractivity contribution < 1.29 is 9.90 Å². The van der Waals surface area contributed by atoms with Gasteiger partial charge < -0.3 is 10.0 Å². The van der Waals surface area contributed by atoms with Crippen molar-refractivity contribution >= 4 is 5.78 Å². The fourth-order valence-electron chi connectivity index (χ4n) is 2.79. The fraction of sp³-hybridized carbons (Fsp3) is 0.917. The summed E-state index contributed by atoms with van der Waals surface area (Å²) in [7, 11) is 0. The standard InChI is InChI=1S/C12H21NO2/c14-9-10-5-7-13(8-6-10)11-1-3-12(15)4-2-11/h10-11,14H,1-9H2. The Morgan fingerprint density at radius 3 is 2.27 bits per heavy atom. The van der Waals surface area contributed by atoms with Gasteiger partial charge in [-0.05, 0) is 44.7 Å². The van der Waals surface area contributed by atoms with Crippen LogP contribution >= 0.6 is 0 Å². The van der Waals surface area contributed by atoms with Crippen molar-refractivity contribution in [3.8, 4) is 0 Å². The average molecular weight is 211 g/mol. The Morgan fingerprint density at radius 1 is 1.13 bits per heavy atom. The van der Waals surface area contributed by atoms with Crippen molar-refractivity contribution in [1.82, 2.24) is 4.90 Å². The van der Waals surface area contributed by atoms with Crippen molar-refractivity contribution in [2.24, 2.45) is 5.92 Å². The lowest BCUT2D eigenvalue weighted by atomic mass is 9.90. The minimum Gasteiger partial charge on any atom is -0.396 e. The molecule has 0 bridgehead atoms. The minimum absolute atomic E-state index is 0.344. The molecule has 15 heavy (non-hydrogen) atoms. The van der Waals surface area contributed by atoms with Crippen LogP contribution in [0.25, 0.3) is 0 Å². The first-order valence-electron chi connectivity index (χ1n) is 6.16. The number of nitrogens with zero attached hydrogens (tertiary/aromatic N) is 1. The summed E-state index contributed by atoms with van der Waals surface area (Å²) in [4.78, 5) is 13.7. The number of piperidine rings is 1. The van der Waals surface area contributed by atoms with Crippen LogP contribution < -0.4 is 0 Å². The van der Waals surface area contributed by atoms with Crippen molar-refractivity contribution in [2.75, 3.05) is 19.7 Å². The summed E-state index contributed by atoms with van der Waals surface area (Å²) < 4.78 is 0. The summed E-state index contributed by atoms with van der Waals surface area (Å²) in [5, 5.41) is 9.06. The van der Waals surface area contributed by atoms with Crippen LogP contribution in [-0.4, -0.2) is 41.5 Å². The Labute approximate surface area is 91.5 Å². The van der Waals surface area contributed by atoms with Gasteiger partial charge in [-0.1, -0.05) is 0 Å². The topological polar surface area (TPSA) is 40.5 Å². The molecule has 0 amide bonds. The number of hydrogen-bond acceptors (Lipinski definition) is 3. The normalized spacial score (nSPS) is 27.1. The third kappa shape index (κ3) is 2.79. The summed E-state index contributed by atoms with van der Waals surface area (Å²) in [6.45, 7) is 2.57. The number of rotatable bonds is 2. The van der Waals surface area contributed by atoms with E-state index in [0.717, 1.165) is 51.6 Å². The molecule has 0 unspecified atom stereocenters. The molecule has 1 aliphatic heterocycles. The van der Waals surface area contributed by atoms with Gasteiger partial charge in [0, 0.05) is 25.5 Å². The molecular weight excluding hydrogens is 190 g/mol. The number of hydrogen-bond donors (Lipinski definition) is 1. The first-order valence-corrected chi connectivity index (χ1v) is 6.16. The molecule has 3 heteroatoms. The predicted octanol–water partition coefficient (Wildman–Crippen LogP) is 1.20. The van der Waals surface area contributed by atoms with Gasteiger partial charge in [0.2, 0.25) is 0 Å². The summed E-state index contributed by atoms with van der Waals surface area (Å²) in [6, 6.07) is 0.641.